The molecule has 3 amide bonds. The van der Waals surface area contributed by atoms with Gasteiger partial charge in [0.15, 0.2) is 0 Å². The number of nitrogens with one attached hydrogen (secondary N) is 1. The second kappa shape index (κ2) is 9.40. The fourth-order valence-corrected chi connectivity index (χ4v) is 6.97. The van der Waals surface area contributed by atoms with Gasteiger partial charge in [-0.15, -0.1) is 0 Å². The normalized spacial score (nSPS) is 23.4. The number of thioether (sulfide) groups is 1. The number of nitro groups is 1. The van der Waals surface area contributed by atoms with Crippen molar-refractivity contribution in [3.05, 3.63) is 105 Å². The van der Waals surface area contributed by atoms with Crippen LogP contribution in [0.15, 0.2) is 72.8 Å². The topological polar surface area (TPSA) is 110 Å². The minimum absolute atomic E-state index is 0.0921. The van der Waals surface area contributed by atoms with E-state index in [1.807, 2.05) is 54.8 Å². The van der Waals surface area contributed by atoms with Crippen molar-refractivity contribution in [3.8, 4) is 0 Å². The predicted octanol–water partition coefficient (Wildman–Crippen LogP) is 4.55. The van der Waals surface area contributed by atoms with E-state index >= 15 is 0 Å². The summed E-state index contributed by atoms with van der Waals surface area (Å²) in [6.45, 7) is 0. The van der Waals surface area contributed by atoms with Gasteiger partial charge in [-0.2, -0.15) is 11.8 Å². The van der Waals surface area contributed by atoms with E-state index in [4.69, 9.17) is 0 Å². The van der Waals surface area contributed by atoms with Crippen LogP contribution < -0.4 is 5.32 Å². The van der Waals surface area contributed by atoms with Crippen LogP contribution in [0.4, 0.5) is 11.4 Å². The molecule has 0 unspecified atom stereocenters. The van der Waals surface area contributed by atoms with Gasteiger partial charge in [0.2, 0.25) is 17.7 Å². The fraction of sp³-hybridized carbons (Fsp3) is 0.276. The van der Waals surface area contributed by atoms with Crippen molar-refractivity contribution in [1.82, 2.24) is 4.90 Å². The molecule has 7 rings (SSSR count). The van der Waals surface area contributed by atoms with Crippen molar-refractivity contribution in [3.63, 3.8) is 0 Å². The van der Waals surface area contributed by atoms with Crippen molar-refractivity contribution in [2.24, 2.45) is 11.8 Å². The predicted molar refractivity (Wildman–Crippen MR) is 144 cm³/mol. The van der Waals surface area contributed by atoms with E-state index in [2.05, 4.69) is 5.32 Å². The summed E-state index contributed by atoms with van der Waals surface area (Å²) in [5.74, 6) is -2.08. The van der Waals surface area contributed by atoms with Crippen LogP contribution in [0.3, 0.4) is 0 Å². The van der Waals surface area contributed by atoms with Crippen LogP contribution in [0.25, 0.3) is 0 Å². The molecule has 3 aliphatic carbocycles. The Balaban J connectivity index is 1.36. The summed E-state index contributed by atoms with van der Waals surface area (Å²) in [7, 11) is 0. The summed E-state index contributed by atoms with van der Waals surface area (Å²) in [4.78, 5) is 53.4. The molecule has 0 spiro atoms. The van der Waals surface area contributed by atoms with E-state index in [1.165, 1.54) is 40.9 Å². The highest BCUT2D eigenvalue weighted by Crippen LogP contribution is 2.61. The molecule has 2 bridgehead atoms. The summed E-state index contributed by atoms with van der Waals surface area (Å²) in [6, 6.07) is 20.6. The summed E-state index contributed by atoms with van der Waals surface area (Å²) in [5, 5.41) is 13.8. The van der Waals surface area contributed by atoms with E-state index in [9.17, 15) is 24.5 Å². The molecule has 1 aliphatic heterocycles. The third-order valence-corrected chi connectivity index (χ3v) is 8.68. The van der Waals surface area contributed by atoms with Crippen LogP contribution in [-0.4, -0.2) is 45.6 Å². The smallest absolute Gasteiger partial charge is 0.269 e. The van der Waals surface area contributed by atoms with Crippen molar-refractivity contribution < 1.29 is 19.3 Å². The first-order valence-corrected chi connectivity index (χ1v) is 13.9. The van der Waals surface area contributed by atoms with E-state index in [0.717, 1.165) is 22.3 Å². The van der Waals surface area contributed by atoms with Gasteiger partial charge in [-0.1, -0.05) is 48.5 Å². The standard InChI is InChI=1S/C29H25N3O5S/c1-38-15-14-22(27(33)30-16-10-12-17(13-11-16)32(36)37)31-28(34)25-23-18-6-2-3-7-19(18)24(26(25)29(31)35)21-9-5-4-8-20(21)23/h2-13,22-26H,14-15H2,1H3,(H,30,33)/t22-,23?,24?,25-,26+/m1/s1. The number of anilines is 1. The Labute approximate surface area is 223 Å². The number of carbonyl (C=O) groups excluding carboxylic acids is 3. The van der Waals surface area contributed by atoms with Crippen LogP contribution in [0.5, 0.6) is 0 Å². The van der Waals surface area contributed by atoms with Gasteiger partial charge in [0, 0.05) is 29.7 Å². The van der Waals surface area contributed by atoms with Crippen LogP contribution in [0.2, 0.25) is 0 Å². The lowest BCUT2D eigenvalue weighted by atomic mass is 9.55. The van der Waals surface area contributed by atoms with Gasteiger partial charge in [0.25, 0.3) is 5.69 Å². The quantitative estimate of drug-likeness (QED) is 0.274. The number of benzene rings is 3. The number of amides is 3. The van der Waals surface area contributed by atoms with Gasteiger partial charge < -0.3 is 5.32 Å². The number of hydrogen-bond donors (Lipinski definition) is 1. The molecular formula is C29H25N3O5S. The third kappa shape index (κ3) is 3.64. The molecule has 1 heterocycles. The Morgan fingerprint density at radius 1 is 0.895 bits per heavy atom. The third-order valence-electron chi connectivity index (χ3n) is 8.04. The highest BCUT2D eigenvalue weighted by atomic mass is 32.2. The Morgan fingerprint density at radius 3 is 1.79 bits per heavy atom. The summed E-state index contributed by atoms with van der Waals surface area (Å²) < 4.78 is 0. The number of hydrogen-bond acceptors (Lipinski definition) is 6. The Morgan fingerprint density at radius 2 is 1.37 bits per heavy atom. The van der Waals surface area contributed by atoms with Crippen molar-refractivity contribution in [1.29, 1.82) is 0 Å². The zero-order valence-corrected chi connectivity index (χ0v) is 21.4. The second-order valence-electron chi connectivity index (χ2n) is 9.90. The summed E-state index contributed by atoms with van der Waals surface area (Å²) in [6.07, 6.45) is 2.22. The SMILES string of the molecule is CSCC[C@H](C(=O)Nc1ccc([N+](=O)[O-])cc1)N1C(=O)[C@@H]2C3c4ccccc4C(c4ccccc43)[C@@H]2C1=O. The Kier molecular flexibility index (Phi) is 6.03. The Hall–Kier alpha value is -3.98. The maximum atomic E-state index is 14.1. The van der Waals surface area contributed by atoms with Gasteiger partial charge in [-0.25, -0.2) is 0 Å². The first kappa shape index (κ1) is 24.4. The molecule has 3 aromatic rings. The van der Waals surface area contributed by atoms with Crippen LogP contribution >= 0.6 is 11.8 Å². The second-order valence-corrected chi connectivity index (χ2v) is 10.9. The Bertz CT molecular complexity index is 1360. The molecular weight excluding hydrogens is 502 g/mol. The molecule has 8 nitrogen and oxygen atoms in total. The number of likely N-dealkylation sites (tertiary alicyclic amines) is 1. The molecule has 192 valence electrons. The molecule has 1 N–H and O–H groups in total. The molecule has 1 fully saturated rings. The number of carbonyl (C=O) groups is 3. The van der Waals surface area contributed by atoms with E-state index in [0.29, 0.717) is 17.9 Å². The van der Waals surface area contributed by atoms with Crippen molar-refractivity contribution in [2.45, 2.75) is 24.3 Å². The number of imide groups is 1. The first-order valence-electron chi connectivity index (χ1n) is 12.5. The molecule has 0 saturated carbocycles. The molecule has 0 radical (unpaired) electrons. The molecule has 3 aromatic carbocycles. The number of nitro benzene ring substituents is 1. The molecule has 9 heteroatoms. The minimum Gasteiger partial charge on any atom is -0.324 e. The largest absolute Gasteiger partial charge is 0.324 e. The number of nitrogens with zero attached hydrogens (tertiary/aromatic N) is 2. The molecule has 0 aromatic heterocycles. The molecule has 4 aliphatic rings. The van der Waals surface area contributed by atoms with Crippen molar-refractivity contribution >= 4 is 40.9 Å². The average Bonchev–Trinajstić information content (AvgIpc) is 3.19. The zero-order chi connectivity index (χ0) is 26.6. The zero-order valence-electron chi connectivity index (χ0n) is 20.6. The van der Waals surface area contributed by atoms with Crippen LogP contribution in [-0.2, 0) is 14.4 Å². The maximum Gasteiger partial charge on any atom is 0.269 e. The lowest BCUT2D eigenvalue weighted by Gasteiger charge is -2.45. The summed E-state index contributed by atoms with van der Waals surface area (Å²) >= 11 is 1.53. The number of rotatable bonds is 7. The van der Waals surface area contributed by atoms with Gasteiger partial charge in [0.1, 0.15) is 6.04 Å². The highest BCUT2D eigenvalue weighted by Gasteiger charge is 2.62. The lowest BCUT2D eigenvalue weighted by molar-refractivity contribution is -0.384. The van der Waals surface area contributed by atoms with Gasteiger partial charge in [-0.05, 0) is 52.8 Å². The monoisotopic (exact) mass is 527 g/mol. The van der Waals surface area contributed by atoms with Gasteiger partial charge in [-0.3, -0.25) is 29.4 Å². The molecule has 38 heavy (non-hydrogen) atoms. The van der Waals surface area contributed by atoms with Crippen LogP contribution in [0.1, 0.15) is 40.5 Å². The minimum atomic E-state index is -0.978. The highest BCUT2D eigenvalue weighted by molar-refractivity contribution is 7.98. The van der Waals surface area contributed by atoms with E-state index in [-0.39, 0.29) is 29.3 Å². The van der Waals surface area contributed by atoms with Gasteiger partial charge in [0.05, 0.1) is 16.8 Å². The lowest BCUT2D eigenvalue weighted by Crippen LogP contribution is -2.48. The fourth-order valence-electron chi connectivity index (χ4n) is 6.51. The maximum absolute atomic E-state index is 14.1. The first-order chi connectivity index (χ1) is 18.4. The number of non-ortho nitro benzene ring substituents is 1. The van der Waals surface area contributed by atoms with Crippen molar-refractivity contribution in [2.75, 3.05) is 17.3 Å². The summed E-state index contributed by atoms with van der Waals surface area (Å²) in [5.41, 5.74) is 4.59. The molecule has 1 saturated heterocycles. The average molecular weight is 528 g/mol. The molecule has 3 atom stereocenters. The van der Waals surface area contributed by atoms with Crippen LogP contribution in [0, 0.1) is 22.0 Å². The van der Waals surface area contributed by atoms with E-state index in [1.54, 1.807) is 0 Å². The van der Waals surface area contributed by atoms with Gasteiger partial charge >= 0.3 is 0 Å². The van der Waals surface area contributed by atoms with E-state index < -0.39 is 28.7 Å².